The molecule has 1 N–H and O–H groups in total. The highest BCUT2D eigenvalue weighted by atomic mass is 16.5. The van der Waals surface area contributed by atoms with Gasteiger partial charge in [0.2, 0.25) is 0 Å². The Morgan fingerprint density at radius 3 is 1.53 bits per heavy atom. The van der Waals surface area contributed by atoms with E-state index in [9.17, 15) is 9.90 Å². The molecular weight excluding hydrogens is 753 g/mol. The fourth-order valence-electron chi connectivity index (χ4n) is 7.74. The second kappa shape index (κ2) is 18.7. The average Bonchev–Trinajstić information content (AvgIpc) is 3.30. The number of hydrogen-bond acceptors (Lipinski definition) is 7. The molecule has 0 aromatic heterocycles. The van der Waals surface area contributed by atoms with E-state index < -0.39 is 23.6 Å². The van der Waals surface area contributed by atoms with Gasteiger partial charge in [0.05, 0.1) is 0 Å². The Kier molecular flexibility index (Phi) is 12.4. The summed E-state index contributed by atoms with van der Waals surface area (Å²) in [4.78, 5) is 13.8. The van der Waals surface area contributed by atoms with Crippen LogP contribution in [0.3, 0.4) is 0 Å². The van der Waals surface area contributed by atoms with E-state index in [1.807, 2.05) is 170 Å². The maximum absolute atomic E-state index is 13.8. The lowest BCUT2D eigenvalue weighted by Crippen LogP contribution is -2.50. The molecule has 1 heterocycles. The summed E-state index contributed by atoms with van der Waals surface area (Å²) in [5.74, 6) is 0.685. The first-order valence-electron chi connectivity index (χ1n) is 20.0. The van der Waals surface area contributed by atoms with Gasteiger partial charge in [0, 0.05) is 30.7 Å². The first kappa shape index (κ1) is 39.8. The van der Waals surface area contributed by atoms with Gasteiger partial charge in [-0.05, 0) is 51.9 Å². The number of aliphatic carboxylic acids is 1. The number of carbonyl (C=O) groups is 1. The number of methoxy groups -OCH3 is 1. The van der Waals surface area contributed by atoms with Crippen LogP contribution in [0.25, 0.3) is 0 Å². The number of rotatable bonds is 17. The Hall–Kier alpha value is -7.03. The van der Waals surface area contributed by atoms with Gasteiger partial charge >= 0.3 is 5.97 Å². The van der Waals surface area contributed by atoms with E-state index in [2.05, 4.69) is 0 Å². The highest BCUT2D eigenvalue weighted by molar-refractivity contribution is 5.80. The van der Waals surface area contributed by atoms with Crippen molar-refractivity contribution in [2.75, 3.05) is 7.11 Å². The van der Waals surface area contributed by atoms with Gasteiger partial charge in [-0.15, -0.1) is 0 Å². The molecule has 3 atom stereocenters. The second-order valence-corrected chi connectivity index (χ2v) is 14.7. The number of hydrogen-bond donors (Lipinski definition) is 1. The number of fused-ring (bicyclic) bond motifs is 1. The van der Waals surface area contributed by atoms with Crippen LogP contribution in [-0.4, -0.2) is 18.2 Å². The molecule has 0 radical (unpaired) electrons. The van der Waals surface area contributed by atoms with Crippen LogP contribution < -0.4 is 23.7 Å². The minimum absolute atomic E-state index is 0.227. The molecule has 0 amide bonds. The molecular formula is C52H46O8. The summed E-state index contributed by atoms with van der Waals surface area (Å²) < 4.78 is 39.1. The molecule has 8 heteroatoms. The van der Waals surface area contributed by atoms with Crippen molar-refractivity contribution in [3.8, 4) is 28.7 Å². The van der Waals surface area contributed by atoms with Crippen molar-refractivity contribution in [3.05, 3.63) is 221 Å². The average molecular weight is 799 g/mol. The van der Waals surface area contributed by atoms with Gasteiger partial charge in [-0.2, -0.15) is 0 Å². The van der Waals surface area contributed by atoms with Crippen LogP contribution in [0.5, 0.6) is 28.7 Å². The largest absolute Gasteiger partial charge is 0.489 e. The Bertz CT molecular complexity index is 2460. The minimum Gasteiger partial charge on any atom is -0.489 e. The van der Waals surface area contributed by atoms with Crippen molar-refractivity contribution >= 4 is 5.97 Å². The standard InChI is InChI=1S/C52H46O8/c1-55-52(51(53)54,42-25-15-6-16-26-42)45-32-44-47(58-35-39-21-11-4-12-22-39)30-43(56-33-37-17-7-2-8-18-37)31-48(44)60-50(45)41-27-28-46(57-34-38-19-9-3-10-20-38)49(29-41)59-36-40-23-13-5-14-24-40/h2-31,45,50H,32-36H2,1H3,(H,53,54)/t45-,50-,52?/m1/s1. The predicted molar refractivity (Wildman–Crippen MR) is 229 cm³/mol. The topological polar surface area (TPSA) is 92.7 Å². The molecule has 1 unspecified atom stereocenters. The zero-order valence-electron chi connectivity index (χ0n) is 33.3. The van der Waals surface area contributed by atoms with Crippen molar-refractivity contribution in [2.45, 2.75) is 44.6 Å². The third kappa shape index (κ3) is 8.99. The quantitative estimate of drug-likeness (QED) is 0.0974. The smallest absolute Gasteiger partial charge is 0.341 e. The van der Waals surface area contributed by atoms with E-state index in [1.165, 1.54) is 7.11 Å². The lowest BCUT2D eigenvalue weighted by Gasteiger charge is -2.44. The molecule has 1 aliphatic rings. The van der Waals surface area contributed by atoms with E-state index in [0.29, 0.717) is 58.7 Å². The molecule has 0 saturated heterocycles. The van der Waals surface area contributed by atoms with E-state index in [0.717, 1.165) is 22.3 Å². The molecule has 0 fully saturated rings. The number of carboxylic acid groups (broad SMARTS) is 1. The van der Waals surface area contributed by atoms with Crippen molar-refractivity contribution < 1.29 is 38.3 Å². The van der Waals surface area contributed by atoms with Crippen LogP contribution in [0, 0.1) is 5.92 Å². The SMILES string of the molecule is COC(C(=O)O)(c1ccccc1)[C@@H]1Cc2c(OCc3ccccc3)cc(OCc3ccccc3)cc2O[C@@H]1c1ccc(OCc2ccccc2)c(OCc2ccccc2)c1. The van der Waals surface area contributed by atoms with E-state index >= 15 is 0 Å². The van der Waals surface area contributed by atoms with Gasteiger partial charge in [-0.3, -0.25) is 0 Å². The Morgan fingerprint density at radius 2 is 1.03 bits per heavy atom. The van der Waals surface area contributed by atoms with Crippen LogP contribution in [0.2, 0.25) is 0 Å². The summed E-state index contributed by atoms with van der Waals surface area (Å²) in [6, 6.07) is 58.1. The van der Waals surface area contributed by atoms with Crippen LogP contribution in [0.1, 0.15) is 45.0 Å². The van der Waals surface area contributed by atoms with Crippen LogP contribution >= 0.6 is 0 Å². The van der Waals surface area contributed by atoms with Crippen molar-refractivity contribution in [1.82, 2.24) is 0 Å². The highest BCUT2D eigenvalue weighted by Gasteiger charge is 2.54. The summed E-state index contributed by atoms with van der Waals surface area (Å²) in [5.41, 5.74) is 4.02. The zero-order valence-corrected chi connectivity index (χ0v) is 33.3. The highest BCUT2D eigenvalue weighted by Crippen LogP contribution is 2.52. The lowest BCUT2D eigenvalue weighted by molar-refractivity contribution is -0.180. The van der Waals surface area contributed by atoms with Gasteiger partial charge in [-0.25, -0.2) is 4.79 Å². The predicted octanol–water partition coefficient (Wildman–Crippen LogP) is 10.9. The first-order valence-corrected chi connectivity index (χ1v) is 20.0. The molecule has 0 spiro atoms. The van der Waals surface area contributed by atoms with Crippen LogP contribution in [-0.2, 0) is 48.0 Å². The van der Waals surface area contributed by atoms with Crippen molar-refractivity contribution in [2.24, 2.45) is 5.92 Å². The zero-order chi connectivity index (χ0) is 41.2. The third-order valence-electron chi connectivity index (χ3n) is 10.8. The normalized spacial score (nSPS) is 15.4. The summed E-state index contributed by atoms with van der Waals surface area (Å²) in [5, 5.41) is 11.3. The van der Waals surface area contributed by atoms with Crippen molar-refractivity contribution in [1.29, 1.82) is 0 Å². The maximum atomic E-state index is 13.8. The van der Waals surface area contributed by atoms with Crippen LogP contribution in [0.4, 0.5) is 0 Å². The summed E-state index contributed by atoms with van der Waals surface area (Å²) in [6.45, 7) is 1.23. The Balaban J connectivity index is 1.23. The minimum atomic E-state index is -1.84. The molecule has 8 nitrogen and oxygen atoms in total. The number of ether oxygens (including phenoxy) is 6. The number of benzene rings is 7. The molecule has 7 aromatic rings. The van der Waals surface area contributed by atoms with Gasteiger partial charge in [0.25, 0.3) is 0 Å². The Morgan fingerprint density at radius 1 is 0.567 bits per heavy atom. The van der Waals surface area contributed by atoms with Crippen molar-refractivity contribution in [3.63, 3.8) is 0 Å². The molecule has 0 bridgehead atoms. The summed E-state index contributed by atoms with van der Waals surface area (Å²) in [6.07, 6.45) is -0.618. The molecule has 302 valence electrons. The summed E-state index contributed by atoms with van der Waals surface area (Å²) in [7, 11) is 1.44. The van der Waals surface area contributed by atoms with E-state index in [-0.39, 0.29) is 19.6 Å². The van der Waals surface area contributed by atoms with Gasteiger partial charge in [-0.1, -0.05) is 158 Å². The first-order chi connectivity index (χ1) is 29.5. The monoisotopic (exact) mass is 798 g/mol. The van der Waals surface area contributed by atoms with E-state index in [4.69, 9.17) is 28.4 Å². The fourth-order valence-corrected chi connectivity index (χ4v) is 7.74. The van der Waals surface area contributed by atoms with Crippen LogP contribution in [0.15, 0.2) is 182 Å². The van der Waals surface area contributed by atoms with Gasteiger partial charge < -0.3 is 33.5 Å². The molecule has 1 aliphatic heterocycles. The van der Waals surface area contributed by atoms with Gasteiger partial charge in [0.15, 0.2) is 17.1 Å². The molecule has 0 saturated carbocycles. The maximum Gasteiger partial charge on any atom is 0.341 e. The molecule has 0 aliphatic carbocycles. The molecule has 8 rings (SSSR count). The third-order valence-corrected chi connectivity index (χ3v) is 10.8. The van der Waals surface area contributed by atoms with Gasteiger partial charge in [0.1, 0.15) is 49.8 Å². The second-order valence-electron chi connectivity index (χ2n) is 14.7. The fraction of sp³-hybridized carbons (Fsp3) is 0.173. The number of carboxylic acids is 1. The molecule has 60 heavy (non-hydrogen) atoms. The lowest BCUT2D eigenvalue weighted by atomic mass is 9.71. The molecule has 7 aromatic carbocycles. The van der Waals surface area contributed by atoms with E-state index in [1.54, 1.807) is 12.1 Å². The summed E-state index contributed by atoms with van der Waals surface area (Å²) >= 11 is 0. The Labute approximate surface area is 350 Å².